The van der Waals surface area contributed by atoms with Crippen LogP contribution in [0.5, 0.6) is 0 Å². The smallest absolute Gasteiger partial charge is 0.309 e. The first-order valence-corrected chi connectivity index (χ1v) is 8.46. The Labute approximate surface area is 146 Å². The molecule has 0 spiro atoms. The number of carbonyl (C=O) groups excluding carboxylic acids is 1. The van der Waals surface area contributed by atoms with E-state index in [4.69, 9.17) is 8.83 Å². The van der Waals surface area contributed by atoms with E-state index in [0.717, 1.165) is 17.1 Å². The predicted octanol–water partition coefficient (Wildman–Crippen LogP) is 3.92. The van der Waals surface area contributed by atoms with Crippen LogP contribution < -0.4 is 0 Å². The molecule has 0 radical (unpaired) electrons. The molecule has 3 atom stereocenters. The van der Waals surface area contributed by atoms with Crippen molar-refractivity contribution in [2.75, 3.05) is 0 Å². The number of aliphatic carboxylic acids is 1. The van der Waals surface area contributed by atoms with Gasteiger partial charge in [0.25, 0.3) is 0 Å². The van der Waals surface area contributed by atoms with Crippen LogP contribution in [-0.4, -0.2) is 21.9 Å². The molecule has 0 aliphatic carbocycles. The second kappa shape index (κ2) is 6.43. The van der Waals surface area contributed by atoms with Gasteiger partial charge in [0.2, 0.25) is 5.91 Å². The van der Waals surface area contributed by atoms with Gasteiger partial charge in [-0.05, 0) is 52.3 Å². The van der Waals surface area contributed by atoms with Crippen LogP contribution in [0.3, 0.4) is 0 Å². The van der Waals surface area contributed by atoms with E-state index in [1.807, 2.05) is 26.8 Å². The monoisotopic (exact) mass is 345 g/mol. The van der Waals surface area contributed by atoms with Crippen molar-refractivity contribution < 1.29 is 23.5 Å². The minimum Gasteiger partial charge on any atom is -0.481 e. The molecule has 6 heteroatoms. The third kappa shape index (κ3) is 3.08. The minimum absolute atomic E-state index is 0.0673. The van der Waals surface area contributed by atoms with Gasteiger partial charge in [-0.2, -0.15) is 0 Å². The fourth-order valence-electron chi connectivity index (χ4n) is 3.79. The Hall–Kier alpha value is -2.50. The van der Waals surface area contributed by atoms with E-state index < -0.39 is 17.9 Å². The second-order valence-corrected chi connectivity index (χ2v) is 6.72. The molecule has 0 aromatic carbocycles. The molecule has 1 N–H and O–H groups in total. The SMILES string of the molecule is Cc1ccc([C@@H]2[C@@H](C(=O)O)CCC(=O)N2[C@@H](C)c2cc(C)oc2C)o1. The van der Waals surface area contributed by atoms with Crippen LogP contribution in [-0.2, 0) is 9.59 Å². The number of furan rings is 2. The van der Waals surface area contributed by atoms with Gasteiger partial charge in [-0.3, -0.25) is 9.59 Å². The minimum atomic E-state index is -0.913. The van der Waals surface area contributed by atoms with Crippen LogP contribution in [0, 0.1) is 26.7 Å². The number of likely N-dealkylation sites (tertiary alicyclic amines) is 1. The number of carbonyl (C=O) groups is 2. The third-order valence-corrected chi connectivity index (χ3v) is 4.95. The molecular weight excluding hydrogens is 322 g/mol. The van der Waals surface area contributed by atoms with E-state index in [0.29, 0.717) is 17.9 Å². The first kappa shape index (κ1) is 17.3. The standard InChI is InChI=1S/C19H23NO5/c1-10-5-7-16(25-10)18-14(19(22)23)6-8-17(21)20(18)12(3)15-9-11(2)24-13(15)4/h5,7,9,12,14,18H,6,8H2,1-4H3,(H,22,23)/t12-,14-,18-/m0/s1. The fourth-order valence-corrected chi connectivity index (χ4v) is 3.79. The number of carboxylic acids is 1. The van der Waals surface area contributed by atoms with E-state index in [1.165, 1.54) is 0 Å². The lowest BCUT2D eigenvalue weighted by atomic mass is 9.85. The topological polar surface area (TPSA) is 83.9 Å². The van der Waals surface area contributed by atoms with Crippen molar-refractivity contribution in [1.29, 1.82) is 0 Å². The number of rotatable bonds is 4. The van der Waals surface area contributed by atoms with E-state index in [2.05, 4.69) is 0 Å². The van der Waals surface area contributed by atoms with Gasteiger partial charge in [-0.1, -0.05) is 0 Å². The lowest BCUT2D eigenvalue weighted by Gasteiger charge is -2.41. The number of amides is 1. The Balaban J connectivity index is 2.07. The molecular formula is C19H23NO5. The van der Waals surface area contributed by atoms with Crippen molar-refractivity contribution in [3.63, 3.8) is 0 Å². The summed E-state index contributed by atoms with van der Waals surface area (Å²) in [4.78, 5) is 26.2. The second-order valence-electron chi connectivity index (χ2n) is 6.72. The first-order valence-electron chi connectivity index (χ1n) is 8.46. The molecule has 2 aromatic rings. The molecule has 0 unspecified atom stereocenters. The summed E-state index contributed by atoms with van der Waals surface area (Å²) in [7, 11) is 0. The van der Waals surface area contributed by atoms with Gasteiger partial charge in [0.1, 0.15) is 29.1 Å². The van der Waals surface area contributed by atoms with E-state index >= 15 is 0 Å². The third-order valence-electron chi connectivity index (χ3n) is 4.95. The van der Waals surface area contributed by atoms with Crippen LogP contribution in [0.25, 0.3) is 0 Å². The van der Waals surface area contributed by atoms with Crippen molar-refractivity contribution >= 4 is 11.9 Å². The zero-order valence-electron chi connectivity index (χ0n) is 14.9. The molecule has 3 heterocycles. The number of nitrogens with zero attached hydrogens (tertiary/aromatic N) is 1. The summed E-state index contributed by atoms with van der Waals surface area (Å²) in [5.41, 5.74) is 0.894. The fraction of sp³-hybridized carbons (Fsp3) is 0.474. The molecule has 1 amide bonds. The van der Waals surface area contributed by atoms with Crippen molar-refractivity contribution in [3.8, 4) is 0 Å². The summed E-state index contributed by atoms with van der Waals surface area (Å²) in [5, 5.41) is 9.69. The summed E-state index contributed by atoms with van der Waals surface area (Å²) >= 11 is 0. The van der Waals surface area contributed by atoms with E-state index in [1.54, 1.807) is 24.0 Å². The van der Waals surface area contributed by atoms with Gasteiger partial charge >= 0.3 is 5.97 Å². The molecule has 134 valence electrons. The van der Waals surface area contributed by atoms with E-state index in [-0.39, 0.29) is 18.4 Å². The van der Waals surface area contributed by atoms with Gasteiger partial charge in [0.15, 0.2) is 0 Å². The molecule has 0 bridgehead atoms. The number of piperidine rings is 1. The molecule has 1 aliphatic rings. The average molecular weight is 345 g/mol. The van der Waals surface area contributed by atoms with Crippen molar-refractivity contribution in [3.05, 3.63) is 46.8 Å². The molecule has 0 saturated carbocycles. The maximum atomic E-state index is 12.7. The van der Waals surface area contributed by atoms with Gasteiger partial charge in [-0.15, -0.1) is 0 Å². The number of carboxylic acid groups (broad SMARTS) is 1. The van der Waals surface area contributed by atoms with Crippen LogP contribution >= 0.6 is 0 Å². The molecule has 25 heavy (non-hydrogen) atoms. The van der Waals surface area contributed by atoms with Crippen molar-refractivity contribution in [1.82, 2.24) is 4.90 Å². The van der Waals surface area contributed by atoms with Crippen LogP contribution in [0.4, 0.5) is 0 Å². The highest BCUT2D eigenvalue weighted by Crippen LogP contribution is 2.43. The zero-order valence-corrected chi connectivity index (χ0v) is 14.9. The number of hydrogen-bond acceptors (Lipinski definition) is 4. The Morgan fingerprint density at radius 1 is 1.24 bits per heavy atom. The van der Waals surface area contributed by atoms with Crippen LogP contribution in [0.15, 0.2) is 27.0 Å². The molecule has 6 nitrogen and oxygen atoms in total. The molecule has 1 saturated heterocycles. The van der Waals surface area contributed by atoms with Gasteiger partial charge in [0.05, 0.1) is 12.0 Å². The first-order chi connectivity index (χ1) is 11.8. The summed E-state index contributed by atoms with van der Waals surface area (Å²) in [6.45, 7) is 7.42. The Kier molecular flexibility index (Phi) is 4.45. The molecule has 1 aliphatic heterocycles. The van der Waals surface area contributed by atoms with Crippen molar-refractivity contribution in [2.45, 2.75) is 52.6 Å². The summed E-state index contributed by atoms with van der Waals surface area (Å²) in [6, 6.07) is 4.53. The zero-order chi connectivity index (χ0) is 18.3. The Morgan fingerprint density at radius 2 is 1.96 bits per heavy atom. The maximum Gasteiger partial charge on any atom is 0.309 e. The van der Waals surface area contributed by atoms with Crippen LogP contribution in [0.2, 0.25) is 0 Å². The van der Waals surface area contributed by atoms with Crippen LogP contribution in [0.1, 0.15) is 60.5 Å². The highest BCUT2D eigenvalue weighted by molar-refractivity contribution is 5.82. The lowest BCUT2D eigenvalue weighted by molar-refractivity contribution is -0.155. The quantitative estimate of drug-likeness (QED) is 0.908. The molecule has 3 rings (SSSR count). The Bertz CT molecular complexity index is 803. The number of aryl methyl sites for hydroxylation is 3. The predicted molar refractivity (Wildman–Crippen MR) is 90.0 cm³/mol. The molecule has 1 fully saturated rings. The summed E-state index contributed by atoms with van der Waals surface area (Å²) in [6.07, 6.45) is 0.526. The van der Waals surface area contributed by atoms with Crippen molar-refractivity contribution in [2.24, 2.45) is 5.92 Å². The molecule has 2 aromatic heterocycles. The normalized spacial score (nSPS) is 22.2. The Morgan fingerprint density at radius 3 is 2.48 bits per heavy atom. The van der Waals surface area contributed by atoms with E-state index in [9.17, 15) is 14.7 Å². The van der Waals surface area contributed by atoms with Gasteiger partial charge in [0, 0.05) is 12.0 Å². The highest BCUT2D eigenvalue weighted by atomic mass is 16.4. The summed E-state index contributed by atoms with van der Waals surface area (Å²) in [5.74, 6) is 1.04. The maximum absolute atomic E-state index is 12.7. The van der Waals surface area contributed by atoms with Gasteiger partial charge in [-0.25, -0.2) is 0 Å². The largest absolute Gasteiger partial charge is 0.481 e. The highest BCUT2D eigenvalue weighted by Gasteiger charge is 2.45. The van der Waals surface area contributed by atoms with Gasteiger partial charge < -0.3 is 18.8 Å². The number of hydrogen-bond donors (Lipinski definition) is 1. The summed E-state index contributed by atoms with van der Waals surface area (Å²) < 4.78 is 11.3. The average Bonchev–Trinajstić information content (AvgIpc) is 3.11. The lowest BCUT2D eigenvalue weighted by Crippen LogP contribution is -2.46.